The normalized spacial score (nSPS) is 10.9. The van der Waals surface area contributed by atoms with Crippen LogP contribution in [-0.2, 0) is 0 Å². The van der Waals surface area contributed by atoms with Gasteiger partial charge in [0.05, 0.1) is 11.3 Å². The summed E-state index contributed by atoms with van der Waals surface area (Å²) in [5, 5.41) is 2.31. The van der Waals surface area contributed by atoms with E-state index in [0.717, 1.165) is 6.07 Å². The Labute approximate surface area is 103 Å². The van der Waals surface area contributed by atoms with Crippen molar-refractivity contribution < 1.29 is 9.18 Å². The molecule has 1 rings (SSSR count). The lowest BCUT2D eigenvalue weighted by atomic mass is 10.2. The van der Waals surface area contributed by atoms with E-state index in [-0.39, 0.29) is 23.2 Å². The third-order valence-electron chi connectivity index (χ3n) is 1.91. The average Bonchev–Trinajstić information content (AvgIpc) is 2.29. The molecule has 0 atom stereocenters. The average molecular weight is 252 g/mol. The Morgan fingerprint density at radius 2 is 2.00 bits per heavy atom. The van der Waals surface area contributed by atoms with Gasteiger partial charge in [-0.2, -0.15) is 4.99 Å². The van der Waals surface area contributed by atoms with Crippen molar-refractivity contribution in [2.24, 2.45) is 27.2 Å². The second-order valence-electron chi connectivity index (χ2n) is 3.25. The zero-order valence-electron chi connectivity index (χ0n) is 9.64. The molecule has 0 aliphatic heterocycles. The number of carbonyl (C=O) groups is 1. The molecule has 18 heavy (non-hydrogen) atoms. The van der Waals surface area contributed by atoms with Crippen LogP contribution in [0.15, 0.2) is 28.2 Å². The van der Waals surface area contributed by atoms with Gasteiger partial charge in [0.15, 0.2) is 5.96 Å². The molecule has 96 valence electrons. The molecule has 0 saturated heterocycles. The molecule has 1 aromatic carbocycles. The first-order valence-corrected chi connectivity index (χ1v) is 4.89. The van der Waals surface area contributed by atoms with Gasteiger partial charge in [-0.05, 0) is 18.2 Å². The molecule has 0 fully saturated rings. The first kappa shape index (κ1) is 13.4. The van der Waals surface area contributed by atoms with Crippen molar-refractivity contribution in [1.29, 1.82) is 0 Å². The molecule has 0 bridgehead atoms. The zero-order valence-corrected chi connectivity index (χ0v) is 9.64. The number of amides is 1. The number of aliphatic imine (C=N–C) groups is 2. The Morgan fingerprint density at radius 3 is 2.56 bits per heavy atom. The lowest BCUT2D eigenvalue weighted by Crippen LogP contribution is -2.26. The van der Waals surface area contributed by atoms with E-state index in [2.05, 4.69) is 15.3 Å². The molecular weight excluding hydrogens is 239 g/mol. The third-order valence-corrected chi connectivity index (χ3v) is 1.91. The summed E-state index contributed by atoms with van der Waals surface area (Å²) in [6.45, 7) is 0. The number of hydrogen-bond donors (Lipinski definition) is 4. The maximum absolute atomic E-state index is 13.3. The Morgan fingerprint density at radius 1 is 1.33 bits per heavy atom. The molecule has 0 spiro atoms. The number of benzene rings is 1. The summed E-state index contributed by atoms with van der Waals surface area (Å²) < 4.78 is 13.3. The highest BCUT2D eigenvalue weighted by Crippen LogP contribution is 2.17. The highest BCUT2D eigenvalue weighted by Gasteiger charge is 2.10. The molecule has 7 N–H and O–H groups in total. The Balaban J connectivity index is 3.13. The lowest BCUT2D eigenvalue weighted by Gasteiger charge is -2.03. The van der Waals surface area contributed by atoms with Crippen molar-refractivity contribution in [2.45, 2.75) is 0 Å². The number of hydrogen-bond acceptors (Lipinski definition) is 2. The van der Waals surface area contributed by atoms with Gasteiger partial charge in [0.25, 0.3) is 5.91 Å². The summed E-state index contributed by atoms with van der Waals surface area (Å²) in [7, 11) is 1.39. The monoisotopic (exact) mass is 252 g/mol. The van der Waals surface area contributed by atoms with Crippen LogP contribution >= 0.6 is 0 Å². The van der Waals surface area contributed by atoms with Gasteiger partial charge in [-0.25, -0.2) is 9.38 Å². The number of nitrogens with zero attached hydrogens (tertiary/aromatic N) is 2. The molecule has 8 heteroatoms. The van der Waals surface area contributed by atoms with E-state index >= 15 is 0 Å². The maximum Gasteiger partial charge on any atom is 0.254 e. The van der Waals surface area contributed by atoms with Gasteiger partial charge in [-0.3, -0.25) is 4.79 Å². The molecule has 0 aliphatic rings. The third kappa shape index (κ3) is 3.44. The zero-order chi connectivity index (χ0) is 13.7. The number of guanidine groups is 2. The summed E-state index contributed by atoms with van der Waals surface area (Å²) in [5.41, 5.74) is 15.8. The molecule has 7 nitrogen and oxygen atoms in total. The first-order valence-electron chi connectivity index (χ1n) is 4.89. The molecule has 0 aliphatic carbocycles. The van der Waals surface area contributed by atoms with E-state index < -0.39 is 11.7 Å². The van der Waals surface area contributed by atoms with Crippen molar-refractivity contribution in [1.82, 2.24) is 5.32 Å². The van der Waals surface area contributed by atoms with E-state index in [9.17, 15) is 9.18 Å². The predicted molar refractivity (Wildman–Crippen MR) is 66.9 cm³/mol. The second-order valence-corrected chi connectivity index (χ2v) is 3.25. The van der Waals surface area contributed by atoms with Crippen LogP contribution in [0.2, 0.25) is 0 Å². The van der Waals surface area contributed by atoms with Gasteiger partial charge < -0.3 is 22.5 Å². The van der Waals surface area contributed by atoms with Gasteiger partial charge in [-0.15, -0.1) is 0 Å². The van der Waals surface area contributed by atoms with E-state index in [4.69, 9.17) is 17.2 Å². The second kappa shape index (κ2) is 5.62. The Kier molecular flexibility index (Phi) is 4.19. The number of nitrogens with two attached hydrogens (primary N) is 3. The fourth-order valence-electron chi connectivity index (χ4n) is 1.18. The first-order chi connectivity index (χ1) is 8.43. The van der Waals surface area contributed by atoms with Crippen LogP contribution in [0.3, 0.4) is 0 Å². The van der Waals surface area contributed by atoms with E-state index in [1.54, 1.807) is 0 Å². The molecule has 0 radical (unpaired) electrons. The van der Waals surface area contributed by atoms with Crippen LogP contribution in [0.4, 0.5) is 10.1 Å². The highest BCUT2D eigenvalue weighted by atomic mass is 19.1. The molecule has 1 amide bonds. The number of nitrogens with one attached hydrogen (secondary N) is 1. The quantitative estimate of drug-likeness (QED) is 0.413. The minimum absolute atomic E-state index is 0.142. The van der Waals surface area contributed by atoms with Crippen LogP contribution in [-0.4, -0.2) is 24.9 Å². The summed E-state index contributed by atoms with van der Waals surface area (Å²) in [6.07, 6.45) is 0. The Hall–Kier alpha value is -2.64. The fraction of sp³-hybridized carbons (Fsp3) is 0.100. The topological polar surface area (TPSA) is 132 Å². The van der Waals surface area contributed by atoms with Crippen molar-refractivity contribution in [3.8, 4) is 0 Å². The summed E-state index contributed by atoms with van der Waals surface area (Å²) in [4.78, 5) is 18.7. The largest absolute Gasteiger partial charge is 0.370 e. The molecule has 0 heterocycles. The number of halogens is 1. The van der Waals surface area contributed by atoms with E-state index in [1.807, 2.05) is 0 Å². The summed E-state index contributed by atoms with van der Waals surface area (Å²) >= 11 is 0. The minimum atomic E-state index is -0.659. The smallest absolute Gasteiger partial charge is 0.254 e. The van der Waals surface area contributed by atoms with Gasteiger partial charge in [-0.1, -0.05) is 0 Å². The Bertz CT molecular complexity index is 521. The predicted octanol–water partition coefficient (Wildman–Crippen LogP) is -0.595. The van der Waals surface area contributed by atoms with Crippen LogP contribution in [0.25, 0.3) is 0 Å². The van der Waals surface area contributed by atoms with Crippen LogP contribution in [0.5, 0.6) is 0 Å². The standard InChI is InChI=1S/C10H13FN6O/c1-15-8(18)6-4-5(2-3-7(6)11)16-10(14)17-9(12)13/h2-4H,1H3,(H,15,18)(H6,12,13,14,16,17). The molecular formula is C10H13FN6O. The molecule has 0 saturated carbocycles. The summed E-state index contributed by atoms with van der Waals surface area (Å²) in [5.74, 6) is -1.66. The van der Waals surface area contributed by atoms with Crippen LogP contribution in [0.1, 0.15) is 10.4 Å². The van der Waals surface area contributed by atoms with E-state index in [0.29, 0.717) is 0 Å². The van der Waals surface area contributed by atoms with E-state index in [1.165, 1.54) is 19.2 Å². The molecule has 0 unspecified atom stereocenters. The van der Waals surface area contributed by atoms with Crippen molar-refractivity contribution >= 4 is 23.5 Å². The lowest BCUT2D eigenvalue weighted by molar-refractivity contribution is 0.0959. The van der Waals surface area contributed by atoms with Crippen molar-refractivity contribution in [3.05, 3.63) is 29.6 Å². The maximum atomic E-state index is 13.3. The van der Waals surface area contributed by atoms with Crippen LogP contribution < -0.4 is 22.5 Å². The van der Waals surface area contributed by atoms with Gasteiger partial charge >= 0.3 is 0 Å². The van der Waals surface area contributed by atoms with Crippen molar-refractivity contribution in [3.63, 3.8) is 0 Å². The SMILES string of the molecule is CNC(=O)c1cc(N=C(N)N=C(N)N)ccc1F. The van der Waals surface area contributed by atoms with Crippen molar-refractivity contribution in [2.75, 3.05) is 7.05 Å². The highest BCUT2D eigenvalue weighted by molar-refractivity contribution is 5.96. The summed E-state index contributed by atoms with van der Waals surface area (Å²) in [6, 6.07) is 3.69. The molecule has 1 aromatic rings. The van der Waals surface area contributed by atoms with Gasteiger partial charge in [0.2, 0.25) is 5.96 Å². The number of rotatable bonds is 2. The van der Waals surface area contributed by atoms with Gasteiger partial charge in [0.1, 0.15) is 5.82 Å². The number of carbonyl (C=O) groups excluding carboxylic acids is 1. The minimum Gasteiger partial charge on any atom is -0.370 e. The molecule has 0 aromatic heterocycles. The van der Waals surface area contributed by atoms with Gasteiger partial charge in [0, 0.05) is 7.05 Å². The van der Waals surface area contributed by atoms with Crippen LogP contribution in [0, 0.1) is 5.82 Å². The fourth-order valence-corrected chi connectivity index (χ4v) is 1.18.